The van der Waals surface area contributed by atoms with Crippen molar-refractivity contribution in [3.05, 3.63) is 52.6 Å². The van der Waals surface area contributed by atoms with E-state index in [1.165, 1.54) is 7.11 Å². The van der Waals surface area contributed by atoms with Crippen molar-refractivity contribution in [3.8, 4) is 16.9 Å². The van der Waals surface area contributed by atoms with Crippen LogP contribution in [0.4, 0.5) is 0 Å². The molecular formula is C25H36O4Si. The Kier molecular flexibility index (Phi) is 7.53. The summed E-state index contributed by atoms with van der Waals surface area (Å²) in [5.74, 6) is 0.558. The summed E-state index contributed by atoms with van der Waals surface area (Å²) in [7, 11) is -0.355. The van der Waals surface area contributed by atoms with Gasteiger partial charge in [0.2, 0.25) is 0 Å². The van der Waals surface area contributed by atoms with E-state index in [9.17, 15) is 4.79 Å². The lowest BCUT2D eigenvalue weighted by Gasteiger charge is -2.36. The molecule has 0 radical (unpaired) electrons. The average molecular weight is 429 g/mol. The molecule has 2 aromatic carbocycles. The molecule has 2 aromatic rings. The molecule has 4 nitrogen and oxygen atoms in total. The van der Waals surface area contributed by atoms with Gasteiger partial charge in [-0.05, 0) is 84.9 Å². The third-order valence-electron chi connectivity index (χ3n) is 6.16. The van der Waals surface area contributed by atoms with Crippen LogP contribution in [0.1, 0.15) is 47.8 Å². The van der Waals surface area contributed by atoms with E-state index in [1.54, 1.807) is 6.07 Å². The Morgan fingerprint density at radius 2 is 1.63 bits per heavy atom. The highest BCUT2D eigenvalue weighted by atomic mass is 28.4. The van der Waals surface area contributed by atoms with Crippen LogP contribution in [0, 0.1) is 20.8 Å². The largest absolute Gasteiger partial charge is 0.491 e. The smallest absolute Gasteiger partial charge is 0.338 e. The second kappa shape index (κ2) is 9.35. The number of benzene rings is 2. The molecule has 0 fully saturated rings. The maximum Gasteiger partial charge on any atom is 0.338 e. The molecule has 0 atom stereocenters. The summed E-state index contributed by atoms with van der Waals surface area (Å²) in [6.45, 7) is 18.4. The van der Waals surface area contributed by atoms with E-state index in [4.69, 9.17) is 13.9 Å². The van der Waals surface area contributed by atoms with Gasteiger partial charge in [-0.15, -0.1) is 0 Å². The van der Waals surface area contributed by atoms with Gasteiger partial charge in [0.25, 0.3) is 0 Å². The summed E-state index contributed by atoms with van der Waals surface area (Å²) in [6.07, 6.45) is 0. The minimum absolute atomic E-state index is 0.192. The van der Waals surface area contributed by atoms with E-state index in [0.29, 0.717) is 18.8 Å². The molecule has 0 heterocycles. The highest BCUT2D eigenvalue weighted by Gasteiger charge is 2.36. The zero-order chi connectivity index (χ0) is 22.7. The summed E-state index contributed by atoms with van der Waals surface area (Å²) >= 11 is 0. The van der Waals surface area contributed by atoms with Crippen LogP contribution in [0.25, 0.3) is 11.1 Å². The highest BCUT2D eigenvalue weighted by molar-refractivity contribution is 6.74. The van der Waals surface area contributed by atoms with Crippen molar-refractivity contribution in [2.24, 2.45) is 0 Å². The van der Waals surface area contributed by atoms with Crippen LogP contribution in [-0.4, -0.2) is 34.6 Å². The van der Waals surface area contributed by atoms with E-state index < -0.39 is 8.32 Å². The molecule has 5 heteroatoms. The second-order valence-corrected chi connectivity index (χ2v) is 14.2. The molecule has 0 unspecified atom stereocenters. The minimum Gasteiger partial charge on any atom is -0.491 e. The number of ether oxygens (including phenoxy) is 2. The van der Waals surface area contributed by atoms with Gasteiger partial charge < -0.3 is 13.9 Å². The van der Waals surface area contributed by atoms with Crippen LogP contribution < -0.4 is 4.74 Å². The van der Waals surface area contributed by atoms with Gasteiger partial charge in [-0.2, -0.15) is 0 Å². The first-order valence-corrected chi connectivity index (χ1v) is 13.4. The van der Waals surface area contributed by atoms with Gasteiger partial charge in [-0.25, -0.2) is 4.79 Å². The van der Waals surface area contributed by atoms with Crippen LogP contribution in [0.2, 0.25) is 18.1 Å². The van der Waals surface area contributed by atoms with Crippen molar-refractivity contribution in [3.63, 3.8) is 0 Å². The maximum atomic E-state index is 12.1. The van der Waals surface area contributed by atoms with Crippen LogP contribution in [0.3, 0.4) is 0 Å². The summed E-state index contributed by atoms with van der Waals surface area (Å²) in [5, 5.41) is 0.192. The zero-order valence-electron chi connectivity index (χ0n) is 19.9. The Morgan fingerprint density at radius 1 is 0.967 bits per heavy atom. The molecule has 0 aliphatic rings. The SMILES string of the molecule is COC(=O)c1cccc(-c2cc(C)c(OCCO[Si](C)(C)C(C)(C)C)cc2C)c1C. The molecule has 0 amide bonds. The first-order valence-electron chi connectivity index (χ1n) is 10.5. The lowest BCUT2D eigenvalue weighted by molar-refractivity contribution is 0.0600. The third-order valence-corrected chi connectivity index (χ3v) is 10.7. The van der Waals surface area contributed by atoms with Crippen LogP contribution >= 0.6 is 0 Å². The summed E-state index contributed by atoms with van der Waals surface area (Å²) in [6, 6.07) is 9.93. The quantitative estimate of drug-likeness (QED) is 0.288. The molecule has 164 valence electrons. The van der Waals surface area contributed by atoms with E-state index in [0.717, 1.165) is 33.6 Å². The molecule has 0 saturated heterocycles. The highest BCUT2D eigenvalue weighted by Crippen LogP contribution is 2.37. The monoisotopic (exact) mass is 428 g/mol. The van der Waals surface area contributed by atoms with Crippen molar-refractivity contribution < 1.29 is 18.7 Å². The zero-order valence-corrected chi connectivity index (χ0v) is 20.9. The minimum atomic E-state index is -1.76. The van der Waals surface area contributed by atoms with Crippen molar-refractivity contribution in [1.82, 2.24) is 0 Å². The first-order chi connectivity index (χ1) is 13.9. The number of aryl methyl sites for hydroxylation is 2. The van der Waals surface area contributed by atoms with Gasteiger partial charge >= 0.3 is 5.97 Å². The van der Waals surface area contributed by atoms with E-state index >= 15 is 0 Å². The van der Waals surface area contributed by atoms with E-state index in [2.05, 4.69) is 52.9 Å². The molecule has 0 aliphatic carbocycles. The number of rotatable bonds is 7. The Morgan fingerprint density at radius 3 is 2.23 bits per heavy atom. The Bertz CT molecular complexity index is 910. The summed E-state index contributed by atoms with van der Waals surface area (Å²) in [5.41, 5.74) is 5.81. The predicted molar refractivity (Wildman–Crippen MR) is 126 cm³/mol. The second-order valence-electron chi connectivity index (χ2n) is 9.36. The summed E-state index contributed by atoms with van der Waals surface area (Å²) in [4.78, 5) is 12.1. The van der Waals surface area contributed by atoms with Crippen molar-refractivity contribution in [2.75, 3.05) is 20.3 Å². The summed E-state index contributed by atoms with van der Waals surface area (Å²) < 4.78 is 17.2. The average Bonchev–Trinajstić information content (AvgIpc) is 2.66. The molecule has 0 N–H and O–H groups in total. The van der Waals surface area contributed by atoms with Crippen LogP contribution in [0.5, 0.6) is 5.75 Å². The molecule has 2 rings (SSSR count). The fourth-order valence-electron chi connectivity index (χ4n) is 3.16. The number of carbonyl (C=O) groups is 1. The maximum absolute atomic E-state index is 12.1. The van der Waals surface area contributed by atoms with Crippen molar-refractivity contribution >= 4 is 14.3 Å². The standard InChI is InChI=1S/C25H36O4Si/c1-17-16-23(28-13-14-29-30(8,9)25(4,5)6)18(2)15-22(17)20-11-10-12-21(19(20)3)24(26)27-7/h10-12,15-16H,13-14H2,1-9H3. The lowest BCUT2D eigenvalue weighted by atomic mass is 9.92. The van der Waals surface area contributed by atoms with Crippen molar-refractivity contribution in [2.45, 2.75) is 59.7 Å². The van der Waals surface area contributed by atoms with E-state index in [1.807, 2.05) is 26.0 Å². The lowest BCUT2D eigenvalue weighted by Crippen LogP contribution is -2.41. The Balaban J connectivity index is 2.18. The first kappa shape index (κ1) is 24.2. The van der Waals surface area contributed by atoms with Crippen molar-refractivity contribution in [1.29, 1.82) is 0 Å². The number of methoxy groups -OCH3 is 1. The molecular weight excluding hydrogens is 392 g/mol. The Hall–Kier alpha value is -2.11. The number of hydrogen-bond acceptors (Lipinski definition) is 4. The normalized spacial score (nSPS) is 12.0. The Labute approximate surface area is 182 Å². The third kappa shape index (κ3) is 5.32. The molecule has 0 saturated carbocycles. The van der Waals surface area contributed by atoms with Crippen LogP contribution in [-0.2, 0) is 9.16 Å². The topological polar surface area (TPSA) is 44.8 Å². The van der Waals surface area contributed by atoms with E-state index in [-0.39, 0.29) is 11.0 Å². The number of carbonyl (C=O) groups excluding carboxylic acids is 1. The number of esters is 1. The molecule has 30 heavy (non-hydrogen) atoms. The predicted octanol–water partition coefficient (Wildman–Crippen LogP) is 6.47. The fraction of sp³-hybridized carbons (Fsp3) is 0.480. The molecule has 0 bridgehead atoms. The van der Waals surface area contributed by atoms with Gasteiger partial charge in [-0.1, -0.05) is 32.9 Å². The molecule has 0 aliphatic heterocycles. The van der Waals surface area contributed by atoms with Gasteiger partial charge in [0.05, 0.1) is 19.3 Å². The molecule has 0 aromatic heterocycles. The molecule has 0 spiro atoms. The van der Waals surface area contributed by atoms with Gasteiger partial charge in [0.1, 0.15) is 12.4 Å². The van der Waals surface area contributed by atoms with Gasteiger partial charge in [0.15, 0.2) is 8.32 Å². The van der Waals surface area contributed by atoms with Gasteiger partial charge in [0, 0.05) is 0 Å². The van der Waals surface area contributed by atoms with Gasteiger partial charge in [-0.3, -0.25) is 0 Å². The fourth-order valence-corrected chi connectivity index (χ4v) is 4.19. The van der Waals surface area contributed by atoms with Crippen LogP contribution in [0.15, 0.2) is 30.3 Å². The number of hydrogen-bond donors (Lipinski definition) is 0.